The highest BCUT2D eigenvalue weighted by Gasteiger charge is 2.40. The van der Waals surface area contributed by atoms with Crippen molar-refractivity contribution in [3.05, 3.63) is 93.6 Å². The van der Waals surface area contributed by atoms with Gasteiger partial charge in [-0.3, -0.25) is 4.79 Å². The van der Waals surface area contributed by atoms with Crippen LogP contribution >= 0.6 is 15.9 Å². The molecule has 0 radical (unpaired) electrons. The number of benzene rings is 3. The van der Waals surface area contributed by atoms with Crippen LogP contribution in [-0.4, -0.2) is 18.0 Å². The van der Waals surface area contributed by atoms with Crippen LogP contribution in [0.3, 0.4) is 0 Å². The lowest BCUT2D eigenvalue weighted by Crippen LogP contribution is -2.33. The van der Waals surface area contributed by atoms with Crippen LogP contribution in [0.25, 0.3) is 0 Å². The zero-order valence-electron chi connectivity index (χ0n) is 18.4. The third kappa shape index (κ3) is 4.00. The number of aryl methyl sites for hydroxylation is 1. The molecule has 5 nitrogen and oxygen atoms in total. The molecule has 0 amide bonds. The number of nitrogens with one attached hydrogen (secondary N) is 2. The Morgan fingerprint density at radius 2 is 1.76 bits per heavy atom. The summed E-state index contributed by atoms with van der Waals surface area (Å²) in [7, 11) is 1.52. The minimum Gasteiger partial charge on any atom is -0.503 e. The number of carbonyl (C=O) groups excluding carboxylic acids is 1. The molecule has 1 heterocycles. The second kappa shape index (κ2) is 8.60. The summed E-state index contributed by atoms with van der Waals surface area (Å²) in [6.45, 7) is 2.06. The minimum absolute atomic E-state index is 0.0175. The van der Waals surface area contributed by atoms with E-state index in [1.165, 1.54) is 12.7 Å². The average molecular weight is 505 g/mol. The third-order valence-electron chi connectivity index (χ3n) is 6.47. The van der Waals surface area contributed by atoms with E-state index in [-0.39, 0.29) is 23.5 Å². The molecule has 0 fully saturated rings. The number of aromatic hydroxyl groups is 1. The quantitative estimate of drug-likeness (QED) is 0.390. The highest BCUT2D eigenvalue weighted by atomic mass is 79.9. The fourth-order valence-electron chi connectivity index (χ4n) is 4.74. The summed E-state index contributed by atoms with van der Waals surface area (Å²) >= 11 is 3.43. The van der Waals surface area contributed by atoms with Gasteiger partial charge in [-0.2, -0.15) is 0 Å². The fourth-order valence-corrected chi connectivity index (χ4v) is 5.20. The van der Waals surface area contributed by atoms with Crippen molar-refractivity contribution in [3.63, 3.8) is 0 Å². The van der Waals surface area contributed by atoms with E-state index < -0.39 is 5.92 Å². The van der Waals surface area contributed by atoms with Gasteiger partial charge in [0.1, 0.15) is 5.78 Å². The average Bonchev–Trinajstić information content (AvgIpc) is 2.98. The number of phenolic OH excluding ortho intramolecular Hbond substituents is 1. The van der Waals surface area contributed by atoms with Crippen LogP contribution in [0, 0.1) is 12.8 Å². The topological polar surface area (TPSA) is 70.6 Å². The predicted octanol–water partition coefficient (Wildman–Crippen LogP) is 6.31. The first-order valence-corrected chi connectivity index (χ1v) is 11.7. The van der Waals surface area contributed by atoms with Gasteiger partial charge in [-0.05, 0) is 58.2 Å². The van der Waals surface area contributed by atoms with Crippen molar-refractivity contribution in [1.29, 1.82) is 0 Å². The van der Waals surface area contributed by atoms with Crippen LogP contribution in [0.4, 0.5) is 11.4 Å². The lowest BCUT2D eigenvalue weighted by atomic mass is 9.76. The molecule has 1 aliphatic heterocycles. The molecule has 1 aliphatic carbocycles. The molecule has 168 valence electrons. The summed E-state index contributed by atoms with van der Waals surface area (Å²) < 4.78 is 5.91. The molecule has 33 heavy (non-hydrogen) atoms. The van der Waals surface area contributed by atoms with Gasteiger partial charge in [0.2, 0.25) is 0 Å². The molecular weight excluding hydrogens is 480 g/mol. The van der Waals surface area contributed by atoms with Crippen LogP contribution in [0.2, 0.25) is 0 Å². The number of carbonyl (C=O) groups is 1. The van der Waals surface area contributed by atoms with Crippen molar-refractivity contribution in [2.75, 3.05) is 17.7 Å². The maximum atomic E-state index is 13.7. The molecule has 3 aromatic carbocycles. The number of hydrogen-bond donors (Lipinski definition) is 3. The number of hydrogen-bond acceptors (Lipinski definition) is 5. The molecule has 3 atom stereocenters. The van der Waals surface area contributed by atoms with Gasteiger partial charge < -0.3 is 20.5 Å². The van der Waals surface area contributed by atoms with Crippen molar-refractivity contribution in [2.24, 2.45) is 5.92 Å². The number of anilines is 2. The number of allylic oxidation sites excluding steroid dienone is 1. The Bertz CT molecular complexity index is 1250. The Morgan fingerprint density at radius 1 is 1.03 bits per heavy atom. The lowest BCUT2D eigenvalue weighted by Gasteiger charge is -2.32. The Kier molecular flexibility index (Phi) is 5.62. The Morgan fingerprint density at radius 3 is 2.48 bits per heavy atom. The van der Waals surface area contributed by atoms with E-state index in [4.69, 9.17) is 4.74 Å². The van der Waals surface area contributed by atoms with E-state index in [1.807, 2.05) is 30.3 Å². The monoisotopic (exact) mass is 504 g/mol. The van der Waals surface area contributed by atoms with E-state index in [9.17, 15) is 9.90 Å². The maximum absolute atomic E-state index is 13.7. The van der Waals surface area contributed by atoms with Gasteiger partial charge in [0, 0.05) is 18.0 Å². The van der Waals surface area contributed by atoms with Gasteiger partial charge in [0.25, 0.3) is 0 Å². The molecule has 0 aromatic heterocycles. The molecular formula is C27H25BrN2O3. The van der Waals surface area contributed by atoms with Gasteiger partial charge in [0.05, 0.1) is 34.9 Å². The molecule has 2 aliphatic rings. The maximum Gasteiger partial charge on any atom is 0.172 e. The number of methoxy groups -OCH3 is 1. The molecule has 6 heteroatoms. The predicted molar refractivity (Wildman–Crippen MR) is 134 cm³/mol. The largest absolute Gasteiger partial charge is 0.503 e. The van der Waals surface area contributed by atoms with Crippen molar-refractivity contribution in [3.8, 4) is 11.5 Å². The Balaban J connectivity index is 1.64. The van der Waals surface area contributed by atoms with Crippen LogP contribution in [0.15, 0.2) is 76.9 Å². The number of rotatable bonds is 3. The van der Waals surface area contributed by atoms with Crippen molar-refractivity contribution < 1.29 is 14.6 Å². The summed E-state index contributed by atoms with van der Waals surface area (Å²) in [5.74, 6) is 0.180. The molecule has 3 N–H and O–H groups in total. The molecule has 5 rings (SSSR count). The van der Waals surface area contributed by atoms with Gasteiger partial charge >= 0.3 is 0 Å². The lowest BCUT2D eigenvalue weighted by molar-refractivity contribution is -0.122. The van der Waals surface area contributed by atoms with Gasteiger partial charge in [-0.15, -0.1) is 0 Å². The Labute approximate surface area is 201 Å². The highest BCUT2D eigenvalue weighted by Crippen LogP contribution is 2.46. The SMILES string of the molecule is COc1cc(C2Nc3ccccc3NC3=CC(c4ccc(C)cc4)CC(=O)C32)cc(Br)c1O. The molecule has 0 saturated heterocycles. The van der Waals surface area contributed by atoms with E-state index in [1.54, 1.807) is 6.07 Å². The van der Waals surface area contributed by atoms with Crippen molar-refractivity contribution in [1.82, 2.24) is 0 Å². The van der Waals surface area contributed by atoms with Gasteiger partial charge in [0.15, 0.2) is 11.5 Å². The molecule has 3 unspecified atom stereocenters. The number of Topliss-reactive ketones (excluding diaryl/α,β-unsaturated/α-hetero) is 1. The van der Waals surface area contributed by atoms with E-state index in [2.05, 4.69) is 63.8 Å². The van der Waals surface area contributed by atoms with Crippen LogP contribution in [0.1, 0.15) is 35.1 Å². The third-order valence-corrected chi connectivity index (χ3v) is 7.07. The highest BCUT2D eigenvalue weighted by molar-refractivity contribution is 9.10. The number of fused-ring (bicyclic) bond motifs is 2. The second-order valence-electron chi connectivity index (χ2n) is 8.63. The summed E-state index contributed by atoms with van der Waals surface area (Å²) in [6.07, 6.45) is 2.63. The number of halogens is 1. The zero-order chi connectivity index (χ0) is 23.1. The second-order valence-corrected chi connectivity index (χ2v) is 9.49. The van der Waals surface area contributed by atoms with Gasteiger partial charge in [-0.1, -0.05) is 48.0 Å². The summed E-state index contributed by atoms with van der Waals surface area (Å²) in [4.78, 5) is 13.7. The number of ketones is 1. The first-order chi connectivity index (χ1) is 15.9. The normalized spacial score (nSPS) is 21.6. The van der Waals surface area contributed by atoms with E-state index in [0.29, 0.717) is 16.6 Å². The fraction of sp³-hybridized carbons (Fsp3) is 0.222. The smallest absolute Gasteiger partial charge is 0.172 e. The molecule has 0 spiro atoms. The molecule has 3 aromatic rings. The number of phenols is 1. The van der Waals surface area contributed by atoms with Crippen LogP contribution in [0.5, 0.6) is 11.5 Å². The molecule has 0 saturated carbocycles. The summed E-state index contributed by atoms with van der Waals surface area (Å²) in [6, 6.07) is 19.7. The van der Waals surface area contributed by atoms with E-state index in [0.717, 1.165) is 28.2 Å². The van der Waals surface area contributed by atoms with Crippen LogP contribution in [-0.2, 0) is 4.79 Å². The van der Waals surface area contributed by atoms with Gasteiger partial charge in [-0.25, -0.2) is 0 Å². The van der Waals surface area contributed by atoms with Crippen LogP contribution < -0.4 is 15.4 Å². The standard InChI is InChI=1S/C27H25BrN2O3/c1-15-7-9-16(10-8-15)17-12-22-25(23(31)13-17)26(30-21-6-4-3-5-20(21)29-22)18-11-19(28)27(32)24(14-18)33-2/h3-12,14,17,25-26,29-30,32H,13H2,1-2H3. The molecule has 0 bridgehead atoms. The summed E-state index contributed by atoms with van der Waals surface area (Å²) in [5, 5.41) is 17.4. The van der Waals surface area contributed by atoms with E-state index >= 15 is 0 Å². The first-order valence-electron chi connectivity index (χ1n) is 10.9. The van der Waals surface area contributed by atoms with Crippen molar-refractivity contribution in [2.45, 2.75) is 25.3 Å². The Hall–Kier alpha value is -3.25. The summed E-state index contributed by atoms with van der Waals surface area (Å²) in [5.41, 5.74) is 5.93. The minimum atomic E-state index is -0.403. The van der Waals surface area contributed by atoms with Crippen molar-refractivity contribution >= 4 is 33.1 Å². The first kappa shape index (κ1) is 21.6. The number of para-hydroxylation sites is 2. The zero-order valence-corrected chi connectivity index (χ0v) is 20.0. The number of ether oxygens (including phenoxy) is 1.